The fraction of sp³-hybridized carbons (Fsp3) is 0.611. The summed E-state index contributed by atoms with van der Waals surface area (Å²) >= 11 is 5.95. The van der Waals surface area contributed by atoms with Gasteiger partial charge in [-0.3, -0.25) is 4.79 Å². The Kier molecular flexibility index (Phi) is 5.55. The standard InChI is InChI=1S/C18H22ClFO4/c1-10-3-6-14(22-7-10)12-8-23-18(24-9-12)17(21)13-5-4-11(2)16(20)15(13)19/h4-5,10,12,14,18H,3,6-9H2,1-2H3/t10?,12?,14-,18?/m0/s1. The Bertz CT molecular complexity index is 605. The largest absolute Gasteiger partial charge is 0.377 e. The van der Waals surface area contributed by atoms with Gasteiger partial charge >= 0.3 is 0 Å². The minimum absolute atomic E-state index is 0.0888. The molecule has 0 aromatic heterocycles. The van der Waals surface area contributed by atoms with Crippen LogP contribution in [-0.2, 0) is 14.2 Å². The molecule has 2 heterocycles. The van der Waals surface area contributed by atoms with Gasteiger partial charge in [-0.1, -0.05) is 24.6 Å². The zero-order valence-corrected chi connectivity index (χ0v) is 14.6. The minimum Gasteiger partial charge on any atom is -0.377 e. The molecule has 1 aromatic rings. The number of hydrogen-bond donors (Lipinski definition) is 0. The van der Waals surface area contributed by atoms with E-state index in [1.807, 2.05) is 0 Å². The maximum atomic E-state index is 13.9. The monoisotopic (exact) mass is 356 g/mol. The van der Waals surface area contributed by atoms with E-state index < -0.39 is 17.9 Å². The summed E-state index contributed by atoms with van der Waals surface area (Å²) in [4.78, 5) is 12.5. The van der Waals surface area contributed by atoms with Crippen molar-refractivity contribution < 1.29 is 23.4 Å². The van der Waals surface area contributed by atoms with Gasteiger partial charge in [0, 0.05) is 18.1 Å². The number of halogens is 2. The van der Waals surface area contributed by atoms with E-state index in [2.05, 4.69) is 6.92 Å². The second-order valence-electron chi connectivity index (χ2n) is 6.74. The molecule has 2 atom stereocenters. The molecule has 0 aliphatic carbocycles. The Hall–Kier alpha value is -1.01. The van der Waals surface area contributed by atoms with Crippen molar-refractivity contribution in [3.8, 4) is 0 Å². The van der Waals surface area contributed by atoms with Crippen molar-refractivity contribution in [2.75, 3.05) is 19.8 Å². The topological polar surface area (TPSA) is 44.8 Å². The molecular formula is C18H22ClFO4. The van der Waals surface area contributed by atoms with E-state index in [-0.39, 0.29) is 22.6 Å². The Balaban J connectivity index is 1.60. The molecule has 0 N–H and O–H groups in total. The molecule has 0 saturated carbocycles. The van der Waals surface area contributed by atoms with Crippen molar-refractivity contribution in [2.24, 2.45) is 11.8 Å². The van der Waals surface area contributed by atoms with Gasteiger partial charge < -0.3 is 14.2 Å². The number of benzene rings is 1. The molecule has 1 aromatic carbocycles. The van der Waals surface area contributed by atoms with Crippen molar-refractivity contribution >= 4 is 17.4 Å². The van der Waals surface area contributed by atoms with Crippen molar-refractivity contribution in [3.63, 3.8) is 0 Å². The Morgan fingerprint density at radius 3 is 2.50 bits per heavy atom. The Labute approximate surface area is 146 Å². The van der Waals surface area contributed by atoms with Crippen LogP contribution in [0.3, 0.4) is 0 Å². The van der Waals surface area contributed by atoms with E-state index in [1.54, 1.807) is 6.92 Å². The van der Waals surface area contributed by atoms with Gasteiger partial charge in [-0.25, -0.2) is 4.39 Å². The van der Waals surface area contributed by atoms with Gasteiger partial charge in [-0.15, -0.1) is 0 Å². The van der Waals surface area contributed by atoms with E-state index >= 15 is 0 Å². The van der Waals surface area contributed by atoms with Crippen LogP contribution >= 0.6 is 11.6 Å². The third-order valence-corrected chi connectivity index (χ3v) is 5.11. The molecule has 4 nitrogen and oxygen atoms in total. The average Bonchev–Trinajstić information content (AvgIpc) is 2.60. The highest BCUT2D eigenvalue weighted by molar-refractivity contribution is 6.34. The number of carbonyl (C=O) groups excluding carboxylic acids is 1. The highest BCUT2D eigenvalue weighted by atomic mass is 35.5. The molecule has 24 heavy (non-hydrogen) atoms. The first-order chi connectivity index (χ1) is 11.5. The number of carbonyl (C=O) groups is 1. The van der Waals surface area contributed by atoms with Gasteiger partial charge in [0.05, 0.1) is 24.3 Å². The maximum Gasteiger partial charge on any atom is 0.222 e. The summed E-state index contributed by atoms with van der Waals surface area (Å²) in [5, 5.41) is -0.182. The van der Waals surface area contributed by atoms with E-state index in [0.29, 0.717) is 24.7 Å². The molecule has 2 saturated heterocycles. The van der Waals surface area contributed by atoms with Crippen LogP contribution < -0.4 is 0 Å². The number of aryl methyl sites for hydroxylation is 1. The third kappa shape index (κ3) is 3.64. The smallest absolute Gasteiger partial charge is 0.222 e. The van der Waals surface area contributed by atoms with Crippen LogP contribution in [-0.4, -0.2) is 38.0 Å². The summed E-state index contributed by atoms with van der Waals surface area (Å²) < 4.78 is 30.9. The summed E-state index contributed by atoms with van der Waals surface area (Å²) in [5.41, 5.74) is 0.483. The van der Waals surface area contributed by atoms with Crippen molar-refractivity contribution in [1.82, 2.24) is 0 Å². The zero-order chi connectivity index (χ0) is 17.3. The lowest BCUT2D eigenvalue weighted by Gasteiger charge is -2.36. The molecule has 0 amide bonds. The molecule has 2 aliphatic rings. The van der Waals surface area contributed by atoms with Crippen LogP contribution in [0.2, 0.25) is 5.02 Å². The average molecular weight is 357 g/mol. The van der Waals surface area contributed by atoms with Crippen LogP contribution in [0.15, 0.2) is 12.1 Å². The molecule has 0 radical (unpaired) electrons. The van der Waals surface area contributed by atoms with E-state index in [9.17, 15) is 9.18 Å². The second kappa shape index (κ2) is 7.48. The van der Waals surface area contributed by atoms with Crippen molar-refractivity contribution in [1.29, 1.82) is 0 Å². The molecule has 6 heteroatoms. The molecule has 0 bridgehead atoms. The van der Waals surface area contributed by atoms with Gasteiger partial charge in [0.1, 0.15) is 5.82 Å². The predicted octanol–water partition coefficient (Wildman–Crippen LogP) is 3.77. The molecular weight excluding hydrogens is 335 g/mol. The zero-order valence-electron chi connectivity index (χ0n) is 13.9. The summed E-state index contributed by atoms with van der Waals surface area (Å²) in [5.74, 6) is -0.331. The quantitative estimate of drug-likeness (QED) is 0.773. The Morgan fingerprint density at radius 2 is 1.88 bits per heavy atom. The third-order valence-electron chi connectivity index (χ3n) is 4.74. The first kappa shape index (κ1) is 17.8. The number of Topliss-reactive ketones (excluding diaryl/α,β-unsaturated/α-hetero) is 1. The molecule has 0 spiro atoms. The summed E-state index contributed by atoms with van der Waals surface area (Å²) in [6.07, 6.45) is 1.18. The molecule has 132 valence electrons. The van der Waals surface area contributed by atoms with Crippen molar-refractivity contribution in [2.45, 2.75) is 39.1 Å². The van der Waals surface area contributed by atoms with Gasteiger partial charge in [0.25, 0.3) is 0 Å². The normalized spacial score (nSPS) is 31.0. The minimum atomic E-state index is -1.04. The lowest BCUT2D eigenvalue weighted by molar-refractivity contribution is -0.200. The highest BCUT2D eigenvalue weighted by Crippen LogP contribution is 2.29. The van der Waals surface area contributed by atoms with Gasteiger partial charge in [-0.2, -0.15) is 0 Å². The summed E-state index contributed by atoms with van der Waals surface area (Å²) in [6, 6.07) is 3.03. The van der Waals surface area contributed by atoms with Gasteiger partial charge in [0.2, 0.25) is 12.1 Å². The fourth-order valence-electron chi connectivity index (χ4n) is 3.12. The maximum absolute atomic E-state index is 13.9. The Morgan fingerprint density at radius 1 is 1.17 bits per heavy atom. The van der Waals surface area contributed by atoms with Crippen molar-refractivity contribution in [3.05, 3.63) is 34.1 Å². The second-order valence-corrected chi connectivity index (χ2v) is 7.11. The van der Waals surface area contributed by atoms with Crippen LogP contribution in [0.1, 0.15) is 35.7 Å². The van der Waals surface area contributed by atoms with E-state index in [1.165, 1.54) is 12.1 Å². The molecule has 1 unspecified atom stereocenters. The van der Waals surface area contributed by atoms with E-state index in [4.69, 9.17) is 25.8 Å². The number of rotatable bonds is 3. The first-order valence-corrected chi connectivity index (χ1v) is 8.68. The van der Waals surface area contributed by atoms with Crippen LogP contribution in [0, 0.1) is 24.6 Å². The summed E-state index contributed by atoms with van der Waals surface area (Å²) in [7, 11) is 0. The van der Waals surface area contributed by atoms with Crippen LogP contribution in [0.5, 0.6) is 0 Å². The number of ether oxygens (including phenoxy) is 3. The number of hydrogen-bond acceptors (Lipinski definition) is 4. The number of ketones is 1. The lowest BCUT2D eigenvalue weighted by Crippen LogP contribution is -2.44. The highest BCUT2D eigenvalue weighted by Gasteiger charge is 2.35. The van der Waals surface area contributed by atoms with Gasteiger partial charge in [-0.05, 0) is 37.3 Å². The predicted molar refractivity (Wildman–Crippen MR) is 87.8 cm³/mol. The fourth-order valence-corrected chi connectivity index (χ4v) is 3.43. The molecule has 2 aliphatic heterocycles. The molecule has 2 fully saturated rings. The lowest BCUT2D eigenvalue weighted by atomic mass is 9.92. The van der Waals surface area contributed by atoms with Gasteiger partial charge in [0.15, 0.2) is 0 Å². The first-order valence-electron chi connectivity index (χ1n) is 8.31. The van der Waals surface area contributed by atoms with Crippen LogP contribution in [0.25, 0.3) is 0 Å². The van der Waals surface area contributed by atoms with E-state index in [0.717, 1.165) is 19.4 Å². The SMILES string of the molecule is Cc1ccc(C(=O)C2OCC([C@@H]3CCC(C)CO3)CO2)c(Cl)c1F. The molecule has 3 rings (SSSR count). The van der Waals surface area contributed by atoms with Crippen LogP contribution in [0.4, 0.5) is 4.39 Å². The summed E-state index contributed by atoms with van der Waals surface area (Å²) in [6.45, 7) is 5.30.